The van der Waals surface area contributed by atoms with Crippen LogP contribution in [0.4, 0.5) is 0 Å². The zero-order valence-electron chi connectivity index (χ0n) is 9.01. The van der Waals surface area contributed by atoms with E-state index in [-0.39, 0.29) is 6.61 Å². The Labute approximate surface area is 84.4 Å². The van der Waals surface area contributed by atoms with Crippen molar-refractivity contribution in [1.82, 2.24) is 19.7 Å². The van der Waals surface area contributed by atoms with E-state index in [4.69, 9.17) is 5.11 Å². The zero-order valence-corrected chi connectivity index (χ0v) is 9.01. The monoisotopic (exact) mass is 198 g/mol. The summed E-state index contributed by atoms with van der Waals surface area (Å²) in [4.78, 5) is 6.20. The molecular weight excluding hydrogens is 180 g/mol. The third kappa shape index (κ3) is 2.78. The lowest BCUT2D eigenvalue weighted by Crippen LogP contribution is -2.24. The fraction of sp³-hybridized carbons (Fsp3) is 0.778. The van der Waals surface area contributed by atoms with Gasteiger partial charge in [-0.15, -0.1) is 0 Å². The maximum Gasteiger partial charge on any atom is 0.141 e. The van der Waals surface area contributed by atoms with E-state index in [9.17, 15) is 0 Å². The third-order valence-electron chi connectivity index (χ3n) is 2.03. The lowest BCUT2D eigenvalue weighted by atomic mass is 10.4. The van der Waals surface area contributed by atoms with E-state index in [0.29, 0.717) is 12.6 Å². The van der Waals surface area contributed by atoms with Gasteiger partial charge in [-0.1, -0.05) is 0 Å². The van der Waals surface area contributed by atoms with E-state index < -0.39 is 0 Å². The molecule has 0 aliphatic rings. The minimum absolute atomic E-state index is 0.173. The molecule has 0 spiro atoms. The molecule has 1 aromatic heterocycles. The van der Waals surface area contributed by atoms with Gasteiger partial charge >= 0.3 is 0 Å². The molecular formula is C9H18N4O. The lowest BCUT2D eigenvalue weighted by molar-refractivity contribution is 0.211. The summed E-state index contributed by atoms with van der Waals surface area (Å²) >= 11 is 0. The molecule has 80 valence electrons. The summed E-state index contributed by atoms with van der Waals surface area (Å²) in [5, 5.41) is 12.9. The summed E-state index contributed by atoms with van der Waals surface area (Å²) in [7, 11) is 1.95. The van der Waals surface area contributed by atoms with Crippen molar-refractivity contribution in [2.24, 2.45) is 0 Å². The number of hydrogen-bond donors (Lipinski definition) is 1. The lowest BCUT2D eigenvalue weighted by Gasteiger charge is -2.16. The highest BCUT2D eigenvalue weighted by molar-refractivity contribution is 4.85. The molecule has 5 nitrogen and oxygen atoms in total. The Morgan fingerprint density at radius 2 is 2.29 bits per heavy atom. The average molecular weight is 198 g/mol. The highest BCUT2D eigenvalue weighted by atomic mass is 16.3. The van der Waals surface area contributed by atoms with Crippen molar-refractivity contribution in [1.29, 1.82) is 0 Å². The minimum Gasteiger partial charge on any atom is -0.395 e. The molecule has 0 aliphatic carbocycles. The van der Waals surface area contributed by atoms with Crippen LogP contribution in [0.15, 0.2) is 6.33 Å². The minimum atomic E-state index is 0.173. The van der Waals surface area contributed by atoms with E-state index in [1.54, 1.807) is 6.33 Å². The maximum absolute atomic E-state index is 8.76. The summed E-state index contributed by atoms with van der Waals surface area (Å²) < 4.78 is 1.90. The van der Waals surface area contributed by atoms with Gasteiger partial charge in [-0.25, -0.2) is 9.67 Å². The molecule has 0 saturated carbocycles. The average Bonchev–Trinajstić information content (AvgIpc) is 2.52. The van der Waals surface area contributed by atoms with Crippen molar-refractivity contribution in [2.45, 2.75) is 26.4 Å². The molecule has 1 heterocycles. The summed E-state index contributed by atoms with van der Waals surface area (Å²) in [6.45, 7) is 5.70. The normalized spacial score (nSPS) is 11.6. The molecule has 0 radical (unpaired) electrons. The van der Waals surface area contributed by atoms with Gasteiger partial charge in [0.2, 0.25) is 0 Å². The number of aromatic nitrogens is 3. The van der Waals surface area contributed by atoms with Gasteiger partial charge in [0.15, 0.2) is 0 Å². The number of likely N-dealkylation sites (N-methyl/N-ethyl adjacent to an activating group) is 1. The van der Waals surface area contributed by atoms with Crippen molar-refractivity contribution in [3.05, 3.63) is 12.2 Å². The zero-order chi connectivity index (χ0) is 10.6. The number of rotatable bonds is 5. The second kappa shape index (κ2) is 5.07. The Hall–Kier alpha value is -0.940. The van der Waals surface area contributed by atoms with Crippen molar-refractivity contribution in [2.75, 3.05) is 20.2 Å². The highest BCUT2D eigenvalue weighted by Crippen LogP contribution is 2.06. The second-order valence-corrected chi connectivity index (χ2v) is 3.68. The molecule has 5 heteroatoms. The SMILES string of the molecule is CC(C)n1ncnc1CN(C)CCO. The first-order valence-electron chi connectivity index (χ1n) is 4.83. The van der Waals surface area contributed by atoms with Gasteiger partial charge in [0.1, 0.15) is 12.2 Å². The molecule has 0 unspecified atom stereocenters. The van der Waals surface area contributed by atoms with Gasteiger partial charge in [0.25, 0.3) is 0 Å². The van der Waals surface area contributed by atoms with E-state index >= 15 is 0 Å². The molecule has 1 aromatic rings. The topological polar surface area (TPSA) is 54.2 Å². The van der Waals surface area contributed by atoms with Crippen LogP contribution in [0.5, 0.6) is 0 Å². The Kier molecular flexibility index (Phi) is 4.03. The Balaban J connectivity index is 2.61. The van der Waals surface area contributed by atoms with Gasteiger partial charge in [-0.05, 0) is 20.9 Å². The Bertz CT molecular complexity index is 272. The van der Waals surface area contributed by atoms with Crippen LogP contribution in [-0.4, -0.2) is 45.0 Å². The van der Waals surface area contributed by atoms with Gasteiger partial charge in [0, 0.05) is 12.6 Å². The highest BCUT2D eigenvalue weighted by Gasteiger charge is 2.09. The Morgan fingerprint density at radius 1 is 1.57 bits per heavy atom. The fourth-order valence-electron chi connectivity index (χ4n) is 1.31. The largest absolute Gasteiger partial charge is 0.395 e. The van der Waals surface area contributed by atoms with Crippen LogP contribution in [0, 0.1) is 0 Å². The predicted molar refractivity (Wildman–Crippen MR) is 53.8 cm³/mol. The van der Waals surface area contributed by atoms with Crippen molar-refractivity contribution < 1.29 is 5.11 Å². The van der Waals surface area contributed by atoms with E-state index in [1.165, 1.54) is 0 Å². The molecule has 1 N–H and O–H groups in total. The summed E-state index contributed by atoms with van der Waals surface area (Å²) in [5.41, 5.74) is 0. The van der Waals surface area contributed by atoms with Gasteiger partial charge in [0.05, 0.1) is 13.2 Å². The van der Waals surface area contributed by atoms with Crippen LogP contribution < -0.4 is 0 Å². The molecule has 0 atom stereocenters. The molecule has 0 aliphatic heterocycles. The molecule has 0 fully saturated rings. The smallest absolute Gasteiger partial charge is 0.141 e. The van der Waals surface area contributed by atoms with Gasteiger partial charge in [-0.3, -0.25) is 4.90 Å². The van der Waals surface area contributed by atoms with Gasteiger partial charge < -0.3 is 5.11 Å². The number of hydrogen-bond acceptors (Lipinski definition) is 4. The summed E-state index contributed by atoms with van der Waals surface area (Å²) in [6.07, 6.45) is 1.57. The molecule has 0 saturated heterocycles. The van der Waals surface area contributed by atoms with Crippen LogP contribution in [0.2, 0.25) is 0 Å². The van der Waals surface area contributed by atoms with Crippen LogP contribution >= 0.6 is 0 Å². The first kappa shape index (κ1) is 11.1. The number of aliphatic hydroxyl groups is 1. The van der Waals surface area contributed by atoms with Gasteiger partial charge in [-0.2, -0.15) is 5.10 Å². The van der Waals surface area contributed by atoms with E-state index in [1.807, 2.05) is 16.6 Å². The maximum atomic E-state index is 8.76. The third-order valence-corrected chi connectivity index (χ3v) is 2.03. The van der Waals surface area contributed by atoms with Crippen molar-refractivity contribution >= 4 is 0 Å². The van der Waals surface area contributed by atoms with Crippen LogP contribution in [-0.2, 0) is 6.54 Å². The quantitative estimate of drug-likeness (QED) is 0.738. The molecule has 14 heavy (non-hydrogen) atoms. The molecule has 1 rings (SSSR count). The predicted octanol–water partition coefficient (Wildman–Crippen LogP) is 0.283. The fourth-order valence-corrected chi connectivity index (χ4v) is 1.31. The number of aliphatic hydroxyl groups excluding tert-OH is 1. The first-order valence-corrected chi connectivity index (χ1v) is 4.83. The summed E-state index contributed by atoms with van der Waals surface area (Å²) in [6, 6.07) is 0.329. The van der Waals surface area contributed by atoms with Crippen molar-refractivity contribution in [3.63, 3.8) is 0 Å². The van der Waals surface area contributed by atoms with Crippen LogP contribution in [0.3, 0.4) is 0 Å². The molecule has 0 amide bonds. The molecule has 0 aromatic carbocycles. The van der Waals surface area contributed by atoms with Crippen molar-refractivity contribution in [3.8, 4) is 0 Å². The first-order chi connectivity index (χ1) is 6.65. The summed E-state index contributed by atoms with van der Waals surface area (Å²) in [5.74, 6) is 0.941. The molecule has 0 bridgehead atoms. The Morgan fingerprint density at radius 3 is 2.86 bits per heavy atom. The second-order valence-electron chi connectivity index (χ2n) is 3.68. The van der Waals surface area contributed by atoms with E-state index in [0.717, 1.165) is 12.4 Å². The van der Waals surface area contributed by atoms with Crippen LogP contribution in [0.25, 0.3) is 0 Å². The van der Waals surface area contributed by atoms with E-state index in [2.05, 4.69) is 23.9 Å². The van der Waals surface area contributed by atoms with Crippen LogP contribution in [0.1, 0.15) is 25.7 Å². The standard InChI is InChI=1S/C9H18N4O/c1-8(2)13-9(10-7-11-13)6-12(3)4-5-14/h7-8,14H,4-6H2,1-3H3. The number of nitrogens with zero attached hydrogens (tertiary/aromatic N) is 4.